The van der Waals surface area contributed by atoms with Gasteiger partial charge in [0.05, 0.1) is 25.2 Å². The molecule has 5 heteroatoms. The molecule has 0 aromatic carbocycles. The van der Waals surface area contributed by atoms with Gasteiger partial charge >= 0.3 is 0 Å². The summed E-state index contributed by atoms with van der Waals surface area (Å²) in [4.78, 5) is 11.6. The lowest BCUT2D eigenvalue weighted by Gasteiger charge is -2.15. The summed E-state index contributed by atoms with van der Waals surface area (Å²) >= 11 is 0. The van der Waals surface area contributed by atoms with E-state index < -0.39 is 6.10 Å². The molecular weight excluding hydrogens is 196 g/mol. The molecule has 0 spiro atoms. The Hall–Kier alpha value is -0.650. The maximum absolute atomic E-state index is 11.6. The number of nitrogens with one attached hydrogen (secondary N) is 1. The Morgan fingerprint density at radius 1 is 1.53 bits per heavy atom. The Morgan fingerprint density at radius 2 is 2.27 bits per heavy atom. The van der Waals surface area contributed by atoms with Crippen LogP contribution in [0.25, 0.3) is 0 Å². The van der Waals surface area contributed by atoms with Gasteiger partial charge in [0.1, 0.15) is 0 Å². The van der Waals surface area contributed by atoms with Gasteiger partial charge in [-0.05, 0) is 18.8 Å². The molecule has 2 fully saturated rings. The molecular formula is C10H18N2O3. The van der Waals surface area contributed by atoms with Crippen LogP contribution in [0.3, 0.4) is 0 Å². The lowest BCUT2D eigenvalue weighted by atomic mass is 10.0. The van der Waals surface area contributed by atoms with Crippen molar-refractivity contribution in [3.05, 3.63) is 0 Å². The summed E-state index contributed by atoms with van der Waals surface area (Å²) in [6.45, 7) is 1.18. The van der Waals surface area contributed by atoms with Crippen LogP contribution >= 0.6 is 0 Å². The minimum Gasteiger partial charge on any atom is -0.391 e. The second-order valence-corrected chi connectivity index (χ2v) is 4.46. The highest BCUT2D eigenvalue weighted by Crippen LogP contribution is 2.32. The second-order valence-electron chi connectivity index (χ2n) is 4.46. The maximum atomic E-state index is 11.6. The van der Waals surface area contributed by atoms with Crippen molar-refractivity contribution in [3.63, 3.8) is 0 Å². The Morgan fingerprint density at radius 3 is 2.80 bits per heavy atom. The maximum Gasteiger partial charge on any atom is 0.227 e. The topological polar surface area (TPSA) is 84.6 Å². The van der Waals surface area contributed by atoms with E-state index in [1.807, 2.05) is 0 Å². The summed E-state index contributed by atoms with van der Waals surface area (Å²) in [5, 5.41) is 12.3. The standard InChI is InChI=1S/C10H18N2O3/c11-8-5-15-4-7(8)10(14)12-3-9(13)6-1-2-6/h6-9,13H,1-5,11H2,(H,12,14). The zero-order valence-corrected chi connectivity index (χ0v) is 8.69. The van der Waals surface area contributed by atoms with Crippen molar-refractivity contribution < 1.29 is 14.6 Å². The first kappa shape index (κ1) is 10.9. The van der Waals surface area contributed by atoms with Crippen LogP contribution in [0, 0.1) is 11.8 Å². The molecule has 2 aliphatic rings. The molecule has 0 bridgehead atoms. The molecule has 0 aromatic heterocycles. The first-order chi connectivity index (χ1) is 7.18. The van der Waals surface area contributed by atoms with Crippen LogP contribution in [0.4, 0.5) is 0 Å². The molecule has 0 radical (unpaired) electrons. The molecule has 1 aliphatic heterocycles. The molecule has 1 saturated heterocycles. The largest absolute Gasteiger partial charge is 0.391 e. The highest BCUT2D eigenvalue weighted by Gasteiger charge is 2.33. The Balaban J connectivity index is 1.71. The Labute approximate surface area is 89.0 Å². The van der Waals surface area contributed by atoms with Gasteiger partial charge in [0, 0.05) is 12.6 Å². The van der Waals surface area contributed by atoms with E-state index in [-0.39, 0.29) is 17.9 Å². The molecule has 1 heterocycles. The van der Waals surface area contributed by atoms with Crippen molar-refractivity contribution in [2.45, 2.75) is 25.0 Å². The third-order valence-electron chi connectivity index (χ3n) is 3.11. The van der Waals surface area contributed by atoms with Gasteiger partial charge in [-0.25, -0.2) is 0 Å². The van der Waals surface area contributed by atoms with Crippen molar-refractivity contribution >= 4 is 5.91 Å². The number of nitrogens with two attached hydrogens (primary N) is 1. The smallest absolute Gasteiger partial charge is 0.227 e. The normalized spacial score (nSPS) is 32.7. The SMILES string of the molecule is NC1COCC1C(=O)NCC(O)C1CC1. The molecule has 1 amide bonds. The van der Waals surface area contributed by atoms with Gasteiger partial charge in [-0.2, -0.15) is 0 Å². The fourth-order valence-corrected chi connectivity index (χ4v) is 1.82. The lowest BCUT2D eigenvalue weighted by Crippen LogP contribution is -2.43. The summed E-state index contributed by atoms with van der Waals surface area (Å²) in [6.07, 6.45) is 1.75. The van der Waals surface area contributed by atoms with E-state index in [9.17, 15) is 9.90 Å². The van der Waals surface area contributed by atoms with E-state index >= 15 is 0 Å². The number of rotatable bonds is 4. The third kappa shape index (κ3) is 2.68. The van der Waals surface area contributed by atoms with E-state index in [4.69, 9.17) is 10.5 Å². The number of hydrogen-bond donors (Lipinski definition) is 3. The molecule has 86 valence electrons. The van der Waals surface area contributed by atoms with Gasteiger partial charge in [0.15, 0.2) is 0 Å². The highest BCUT2D eigenvalue weighted by molar-refractivity contribution is 5.79. The lowest BCUT2D eigenvalue weighted by molar-refractivity contribution is -0.125. The van der Waals surface area contributed by atoms with Gasteiger partial charge in [-0.3, -0.25) is 4.79 Å². The predicted octanol–water partition coefficient (Wildman–Crippen LogP) is -1.15. The fourth-order valence-electron chi connectivity index (χ4n) is 1.82. The predicted molar refractivity (Wildman–Crippen MR) is 54.0 cm³/mol. The zero-order chi connectivity index (χ0) is 10.8. The molecule has 1 saturated carbocycles. The van der Waals surface area contributed by atoms with Crippen LogP contribution < -0.4 is 11.1 Å². The number of ether oxygens (including phenoxy) is 1. The van der Waals surface area contributed by atoms with Crippen LogP contribution in [-0.2, 0) is 9.53 Å². The third-order valence-corrected chi connectivity index (χ3v) is 3.11. The molecule has 2 rings (SSSR count). The van der Waals surface area contributed by atoms with Gasteiger partial charge in [0.2, 0.25) is 5.91 Å². The minimum absolute atomic E-state index is 0.0975. The molecule has 4 N–H and O–H groups in total. The molecule has 0 aromatic rings. The summed E-state index contributed by atoms with van der Waals surface area (Å²) in [6, 6.07) is -0.205. The van der Waals surface area contributed by atoms with E-state index in [1.54, 1.807) is 0 Å². The fraction of sp³-hybridized carbons (Fsp3) is 0.900. The van der Waals surface area contributed by atoms with E-state index in [0.29, 0.717) is 25.7 Å². The zero-order valence-electron chi connectivity index (χ0n) is 8.69. The monoisotopic (exact) mass is 214 g/mol. The van der Waals surface area contributed by atoms with Crippen LogP contribution in [0.2, 0.25) is 0 Å². The highest BCUT2D eigenvalue weighted by atomic mass is 16.5. The van der Waals surface area contributed by atoms with Crippen LogP contribution in [0.15, 0.2) is 0 Å². The first-order valence-electron chi connectivity index (χ1n) is 5.47. The number of carbonyl (C=O) groups excluding carboxylic acids is 1. The van der Waals surface area contributed by atoms with Crippen molar-refractivity contribution in [1.82, 2.24) is 5.32 Å². The Kier molecular flexibility index (Phi) is 3.23. The quantitative estimate of drug-likeness (QED) is 0.551. The summed E-state index contributed by atoms with van der Waals surface area (Å²) in [7, 11) is 0. The average Bonchev–Trinajstić information content (AvgIpc) is 2.98. The molecule has 1 aliphatic carbocycles. The number of amides is 1. The van der Waals surface area contributed by atoms with Crippen LogP contribution in [0.5, 0.6) is 0 Å². The van der Waals surface area contributed by atoms with Crippen LogP contribution in [0.1, 0.15) is 12.8 Å². The van der Waals surface area contributed by atoms with Crippen LogP contribution in [-0.4, -0.2) is 42.9 Å². The number of carbonyl (C=O) groups is 1. The first-order valence-corrected chi connectivity index (χ1v) is 5.47. The second kappa shape index (κ2) is 4.47. The van der Waals surface area contributed by atoms with E-state index in [0.717, 1.165) is 12.8 Å². The van der Waals surface area contributed by atoms with Gasteiger partial charge in [-0.15, -0.1) is 0 Å². The number of hydrogen-bond acceptors (Lipinski definition) is 4. The summed E-state index contributed by atoms with van der Waals surface area (Å²) in [5.41, 5.74) is 5.71. The van der Waals surface area contributed by atoms with Crippen molar-refractivity contribution in [3.8, 4) is 0 Å². The Bertz CT molecular complexity index is 243. The van der Waals surface area contributed by atoms with E-state index in [1.165, 1.54) is 0 Å². The van der Waals surface area contributed by atoms with Crippen molar-refractivity contribution in [2.75, 3.05) is 19.8 Å². The van der Waals surface area contributed by atoms with Gasteiger partial charge < -0.3 is 20.9 Å². The number of aliphatic hydroxyl groups excluding tert-OH is 1. The van der Waals surface area contributed by atoms with Crippen molar-refractivity contribution in [2.24, 2.45) is 17.6 Å². The van der Waals surface area contributed by atoms with Gasteiger partial charge in [-0.1, -0.05) is 0 Å². The van der Waals surface area contributed by atoms with Crippen molar-refractivity contribution in [1.29, 1.82) is 0 Å². The molecule has 5 nitrogen and oxygen atoms in total. The molecule has 3 atom stereocenters. The minimum atomic E-state index is -0.396. The van der Waals surface area contributed by atoms with E-state index in [2.05, 4.69) is 5.32 Å². The summed E-state index contributed by atoms with van der Waals surface area (Å²) < 4.78 is 5.11. The molecule has 15 heavy (non-hydrogen) atoms. The summed E-state index contributed by atoms with van der Waals surface area (Å²) in [5.74, 6) is 0.0369. The van der Waals surface area contributed by atoms with Gasteiger partial charge in [0.25, 0.3) is 0 Å². The number of aliphatic hydroxyl groups is 1. The molecule has 3 unspecified atom stereocenters. The average molecular weight is 214 g/mol.